The summed E-state index contributed by atoms with van der Waals surface area (Å²) < 4.78 is 0. The van der Waals surface area contributed by atoms with Crippen molar-refractivity contribution in [2.75, 3.05) is 6.54 Å². The zero-order valence-corrected chi connectivity index (χ0v) is 12.7. The SMILES string of the molecule is Cc1ccc(C(C)NCC2(O)CCCCCC2)c(O)c1. The third kappa shape index (κ3) is 3.97. The van der Waals surface area contributed by atoms with Crippen molar-refractivity contribution in [1.82, 2.24) is 5.32 Å². The maximum absolute atomic E-state index is 10.6. The molecule has 0 heterocycles. The van der Waals surface area contributed by atoms with Gasteiger partial charge in [-0.1, -0.05) is 37.8 Å². The van der Waals surface area contributed by atoms with Crippen molar-refractivity contribution in [2.24, 2.45) is 0 Å². The zero-order valence-electron chi connectivity index (χ0n) is 12.7. The van der Waals surface area contributed by atoms with Crippen LogP contribution in [0.25, 0.3) is 0 Å². The van der Waals surface area contributed by atoms with E-state index in [1.807, 2.05) is 26.0 Å². The van der Waals surface area contributed by atoms with Gasteiger partial charge in [-0.15, -0.1) is 0 Å². The molecule has 0 radical (unpaired) electrons. The molecule has 1 aliphatic rings. The molecule has 20 heavy (non-hydrogen) atoms. The molecule has 2 rings (SSSR count). The van der Waals surface area contributed by atoms with Crippen molar-refractivity contribution in [3.63, 3.8) is 0 Å². The predicted molar refractivity (Wildman–Crippen MR) is 81.9 cm³/mol. The van der Waals surface area contributed by atoms with Crippen molar-refractivity contribution >= 4 is 0 Å². The fourth-order valence-electron chi connectivity index (χ4n) is 3.04. The average molecular weight is 277 g/mol. The summed E-state index contributed by atoms with van der Waals surface area (Å²) in [7, 11) is 0. The minimum atomic E-state index is -0.578. The Morgan fingerprint density at radius 2 is 1.85 bits per heavy atom. The lowest BCUT2D eigenvalue weighted by Crippen LogP contribution is -2.41. The number of benzene rings is 1. The minimum Gasteiger partial charge on any atom is -0.508 e. The van der Waals surface area contributed by atoms with Gasteiger partial charge in [0.15, 0.2) is 0 Å². The Bertz CT molecular complexity index is 437. The van der Waals surface area contributed by atoms with Crippen LogP contribution in [0.4, 0.5) is 0 Å². The molecule has 3 nitrogen and oxygen atoms in total. The van der Waals surface area contributed by atoms with Crippen LogP contribution in [0.1, 0.15) is 62.6 Å². The van der Waals surface area contributed by atoms with E-state index >= 15 is 0 Å². The third-order valence-electron chi connectivity index (χ3n) is 4.42. The van der Waals surface area contributed by atoms with Crippen molar-refractivity contribution in [2.45, 2.75) is 64.0 Å². The van der Waals surface area contributed by atoms with Gasteiger partial charge in [0.25, 0.3) is 0 Å². The van der Waals surface area contributed by atoms with Crippen molar-refractivity contribution < 1.29 is 10.2 Å². The molecule has 0 aliphatic heterocycles. The summed E-state index contributed by atoms with van der Waals surface area (Å²) in [5.41, 5.74) is 1.37. The Balaban J connectivity index is 1.95. The Morgan fingerprint density at radius 1 is 1.20 bits per heavy atom. The molecule has 0 aromatic heterocycles. The Labute approximate surface area is 122 Å². The number of phenolic OH excluding ortho intramolecular Hbond substituents is 1. The lowest BCUT2D eigenvalue weighted by atomic mass is 9.93. The molecule has 1 fully saturated rings. The van der Waals surface area contributed by atoms with Gasteiger partial charge in [-0.05, 0) is 38.3 Å². The van der Waals surface area contributed by atoms with Gasteiger partial charge >= 0.3 is 0 Å². The van der Waals surface area contributed by atoms with E-state index in [9.17, 15) is 10.2 Å². The summed E-state index contributed by atoms with van der Waals surface area (Å²) in [6.07, 6.45) is 6.46. The summed E-state index contributed by atoms with van der Waals surface area (Å²) in [5, 5.41) is 24.0. The number of phenols is 1. The van der Waals surface area contributed by atoms with E-state index in [1.165, 1.54) is 12.8 Å². The highest BCUT2D eigenvalue weighted by Gasteiger charge is 2.28. The molecule has 112 valence electrons. The van der Waals surface area contributed by atoms with Crippen LogP contribution < -0.4 is 5.32 Å². The van der Waals surface area contributed by atoms with Gasteiger partial charge in [-0.3, -0.25) is 0 Å². The Morgan fingerprint density at radius 3 is 2.45 bits per heavy atom. The van der Waals surface area contributed by atoms with Crippen molar-refractivity contribution in [3.05, 3.63) is 29.3 Å². The standard InChI is InChI=1S/C17H27NO2/c1-13-7-8-15(16(19)11-13)14(2)18-12-17(20)9-5-3-4-6-10-17/h7-8,11,14,18-20H,3-6,9-10,12H2,1-2H3. The largest absolute Gasteiger partial charge is 0.508 e. The quantitative estimate of drug-likeness (QED) is 0.739. The molecule has 1 atom stereocenters. The van der Waals surface area contributed by atoms with Crippen LogP contribution in [0, 0.1) is 6.92 Å². The summed E-state index contributed by atoms with van der Waals surface area (Å²) in [6, 6.07) is 5.80. The zero-order chi connectivity index (χ0) is 14.6. The van der Waals surface area contributed by atoms with Crippen LogP contribution in [0.3, 0.4) is 0 Å². The van der Waals surface area contributed by atoms with Gasteiger partial charge < -0.3 is 15.5 Å². The molecule has 0 spiro atoms. The van der Waals surface area contributed by atoms with Crippen LogP contribution >= 0.6 is 0 Å². The van der Waals surface area contributed by atoms with Gasteiger partial charge in [0.05, 0.1) is 5.60 Å². The first-order valence-electron chi connectivity index (χ1n) is 7.75. The Kier molecular flexibility index (Phi) is 5.06. The first-order valence-corrected chi connectivity index (χ1v) is 7.75. The lowest BCUT2D eigenvalue weighted by Gasteiger charge is -2.29. The number of hydrogen-bond donors (Lipinski definition) is 3. The number of hydrogen-bond acceptors (Lipinski definition) is 3. The number of aliphatic hydroxyl groups is 1. The normalized spacial score (nSPS) is 20.4. The van der Waals surface area contributed by atoms with Gasteiger partial charge in [0.1, 0.15) is 5.75 Å². The first-order chi connectivity index (χ1) is 9.50. The molecule has 1 aromatic carbocycles. The van der Waals surface area contributed by atoms with Crippen LogP contribution in [-0.2, 0) is 0 Å². The molecule has 1 unspecified atom stereocenters. The van der Waals surface area contributed by atoms with E-state index in [4.69, 9.17) is 0 Å². The van der Waals surface area contributed by atoms with Crippen LogP contribution in [0.15, 0.2) is 18.2 Å². The number of aromatic hydroxyl groups is 1. The summed E-state index contributed by atoms with van der Waals surface area (Å²) in [6.45, 7) is 4.60. The summed E-state index contributed by atoms with van der Waals surface area (Å²) in [4.78, 5) is 0. The predicted octanol–water partition coefficient (Wildman–Crippen LogP) is 3.44. The third-order valence-corrected chi connectivity index (χ3v) is 4.42. The molecule has 3 heteroatoms. The van der Waals surface area contributed by atoms with Gasteiger partial charge in [0.2, 0.25) is 0 Å². The highest BCUT2D eigenvalue weighted by atomic mass is 16.3. The van der Waals surface area contributed by atoms with E-state index in [1.54, 1.807) is 6.07 Å². The number of rotatable bonds is 4. The minimum absolute atomic E-state index is 0.0443. The van der Waals surface area contributed by atoms with Crippen molar-refractivity contribution in [1.29, 1.82) is 0 Å². The average Bonchev–Trinajstić information content (AvgIpc) is 2.61. The molecule has 0 saturated heterocycles. The monoisotopic (exact) mass is 277 g/mol. The second kappa shape index (κ2) is 6.59. The smallest absolute Gasteiger partial charge is 0.120 e. The molecular formula is C17H27NO2. The highest BCUT2D eigenvalue weighted by molar-refractivity contribution is 5.37. The molecule has 3 N–H and O–H groups in total. The number of aryl methyl sites for hydroxylation is 1. The lowest BCUT2D eigenvalue weighted by molar-refractivity contribution is 0.0231. The Hall–Kier alpha value is -1.06. The van der Waals surface area contributed by atoms with E-state index in [2.05, 4.69) is 5.32 Å². The maximum Gasteiger partial charge on any atom is 0.120 e. The maximum atomic E-state index is 10.6. The highest BCUT2D eigenvalue weighted by Crippen LogP contribution is 2.29. The number of nitrogens with one attached hydrogen (secondary N) is 1. The van der Waals surface area contributed by atoms with Crippen LogP contribution in [0.2, 0.25) is 0 Å². The van der Waals surface area contributed by atoms with Gasteiger partial charge in [-0.25, -0.2) is 0 Å². The topological polar surface area (TPSA) is 52.5 Å². The van der Waals surface area contributed by atoms with Crippen LogP contribution in [-0.4, -0.2) is 22.4 Å². The van der Waals surface area contributed by atoms with Crippen LogP contribution in [0.5, 0.6) is 5.75 Å². The van der Waals surface area contributed by atoms with E-state index in [0.29, 0.717) is 12.3 Å². The van der Waals surface area contributed by atoms with Gasteiger partial charge in [-0.2, -0.15) is 0 Å². The second-order valence-corrected chi connectivity index (χ2v) is 6.30. The molecule has 1 aromatic rings. The summed E-state index contributed by atoms with van der Waals surface area (Å²) in [5.74, 6) is 0.331. The molecular weight excluding hydrogens is 250 g/mol. The fraction of sp³-hybridized carbons (Fsp3) is 0.647. The first kappa shape index (κ1) is 15.3. The summed E-state index contributed by atoms with van der Waals surface area (Å²) >= 11 is 0. The van der Waals surface area contributed by atoms with E-state index in [-0.39, 0.29) is 6.04 Å². The van der Waals surface area contributed by atoms with E-state index < -0.39 is 5.60 Å². The van der Waals surface area contributed by atoms with E-state index in [0.717, 1.165) is 36.8 Å². The fourth-order valence-corrected chi connectivity index (χ4v) is 3.04. The van der Waals surface area contributed by atoms with Gasteiger partial charge in [0, 0.05) is 18.2 Å². The molecule has 0 bridgehead atoms. The molecule has 0 amide bonds. The molecule has 1 saturated carbocycles. The van der Waals surface area contributed by atoms with Crippen molar-refractivity contribution in [3.8, 4) is 5.75 Å². The molecule has 1 aliphatic carbocycles. The second-order valence-electron chi connectivity index (χ2n) is 6.30.